The predicted molar refractivity (Wildman–Crippen MR) is 140 cm³/mol. The van der Waals surface area contributed by atoms with Gasteiger partial charge in [0.15, 0.2) is 0 Å². The van der Waals surface area contributed by atoms with E-state index in [1.807, 2.05) is 16.8 Å². The number of fused-ring (bicyclic) bond motifs is 1. The Kier molecular flexibility index (Phi) is 8.78. The van der Waals surface area contributed by atoms with E-state index in [9.17, 15) is 0 Å². The molecule has 3 rings (SSSR count). The van der Waals surface area contributed by atoms with Crippen LogP contribution in [-0.4, -0.2) is 50.1 Å². The minimum atomic E-state index is -2.65. The first-order valence-electron chi connectivity index (χ1n) is 10.3. The zero-order valence-electron chi connectivity index (χ0n) is 17.7. The summed E-state index contributed by atoms with van der Waals surface area (Å²) in [7, 11) is 3.93. The molecule has 0 atom stereocenters. The van der Waals surface area contributed by atoms with Crippen LogP contribution in [0.2, 0.25) is 0 Å². The first kappa shape index (κ1) is 24.7. The zero-order chi connectivity index (χ0) is 21.1. The molecule has 1 saturated heterocycles. The van der Waals surface area contributed by atoms with Gasteiger partial charge in [0.25, 0.3) is 0 Å². The van der Waals surface area contributed by atoms with Crippen LogP contribution in [0.3, 0.4) is 0 Å². The molecule has 2 aliphatic rings. The van der Waals surface area contributed by atoms with Gasteiger partial charge in [-0.3, -0.25) is 0 Å². The summed E-state index contributed by atoms with van der Waals surface area (Å²) in [4.78, 5) is 2.30. The Hall–Kier alpha value is 1.04. The summed E-state index contributed by atoms with van der Waals surface area (Å²) in [6.45, 7) is 12.2. The van der Waals surface area contributed by atoms with Gasteiger partial charge in [-0.15, -0.1) is 0 Å². The monoisotopic (exact) mass is 607 g/mol. The van der Waals surface area contributed by atoms with Crippen molar-refractivity contribution in [1.82, 2.24) is 4.90 Å². The molecular weight excluding hydrogens is 573 g/mol. The first-order chi connectivity index (χ1) is 13.8. The quantitative estimate of drug-likeness (QED) is 0.216. The predicted octanol–water partition coefficient (Wildman–Crippen LogP) is 6.48. The first-order valence-corrected chi connectivity index (χ1v) is 24.4. The van der Waals surface area contributed by atoms with E-state index in [4.69, 9.17) is 33.1 Å². The molecule has 29 heavy (non-hydrogen) atoms. The van der Waals surface area contributed by atoms with Gasteiger partial charge < -0.3 is 0 Å². The number of rotatable bonds is 5. The molecule has 0 bridgehead atoms. The molecule has 2 aliphatic heterocycles. The Morgan fingerprint density at radius 3 is 2.03 bits per heavy atom. The molecule has 2 heterocycles. The summed E-state index contributed by atoms with van der Waals surface area (Å²) in [5.41, 5.74) is 0.756. The molecule has 164 valence electrons. The van der Waals surface area contributed by atoms with E-state index in [1.165, 1.54) is 11.1 Å². The topological polar surface area (TPSA) is 21.7 Å². The average Bonchev–Trinajstić information content (AvgIpc) is 3.06. The van der Waals surface area contributed by atoms with Gasteiger partial charge in [0, 0.05) is 0 Å². The third kappa shape index (κ3) is 5.70. The van der Waals surface area contributed by atoms with E-state index in [0.29, 0.717) is 0 Å². The van der Waals surface area contributed by atoms with Crippen LogP contribution < -0.4 is 0 Å². The maximum absolute atomic E-state index is 6.39. The summed E-state index contributed by atoms with van der Waals surface area (Å²) in [6, 6.07) is 8.86. The fraction of sp³-hybridized carbons (Fsp3) is 0.650. The van der Waals surface area contributed by atoms with Gasteiger partial charge >= 0.3 is 196 Å². The number of nitrogens with zero attached hydrogens (tertiary/aromatic N) is 1. The van der Waals surface area contributed by atoms with Gasteiger partial charge in [-0.25, -0.2) is 0 Å². The van der Waals surface area contributed by atoms with Crippen molar-refractivity contribution >= 4 is 65.5 Å². The summed E-state index contributed by atoms with van der Waals surface area (Å²) < 4.78 is 16.1. The molecule has 0 aromatic heterocycles. The van der Waals surface area contributed by atoms with Crippen LogP contribution in [-0.2, 0) is 29.8 Å². The van der Waals surface area contributed by atoms with Crippen LogP contribution in [0, 0.1) is 5.41 Å². The molecule has 9 heteroatoms. The van der Waals surface area contributed by atoms with Crippen LogP contribution >= 0.6 is 34.7 Å². The van der Waals surface area contributed by atoms with Crippen molar-refractivity contribution in [1.29, 1.82) is 0 Å². The van der Waals surface area contributed by atoms with E-state index in [0.717, 1.165) is 52.4 Å². The Bertz CT molecular complexity index is 885. The SMILES string of the molecule is CCN(CC)C(=S)S#[Te]1(SP2(=S)OCC(CC)(CC)CO2)Cc2ccccc2C1. The van der Waals surface area contributed by atoms with Crippen molar-refractivity contribution in [3.8, 4) is 0 Å². The van der Waals surface area contributed by atoms with Crippen LogP contribution in [0.15, 0.2) is 24.3 Å². The summed E-state index contributed by atoms with van der Waals surface area (Å²) in [5, 5.41) is 0. The number of thiocarbonyl (C=S) groups is 1. The second kappa shape index (κ2) is 10.3. The number of benzene rings is 1. The molecule has 1 aromatic rings. The van der Waals surface area contributed by atoms with Gasteiger partial charge in [0.2, 0.25) is 0 Å². The second-order valence-corrected chi connectivity index (χ2v) is 35.5. The van der Waals surface area contributed by atoms with Gasteiger partial charge in [-0.05, 0) is 0 Å². The Balaban J connectivity index is 1.93. The molecule has 0 amide bonds. The minimum absolute atomic E-state index is 0.131. The second-order valence-electron chi connectivity index (χ2n) is 7.60. The Morgan fingerprint density at radius 2 is 1.59 bits per heavy atom. The van der Waals surface area contributed by atoms with Gasteiger partial charge in [0.05, 0.1) is 0 Å². The van der Waals surface area contributed by atoms with Crippen molar-refractivity contribution in [2.45, 2.75) is 49.5 Å². The fourth-order valence-corrected chi connectivity index (χ4v) is 55.5. The summed E-state index contributed by atoms with van der Waals surface area (Å²) in [6.07, 6.45) is 2.14. The molecule has 1 fully saturated rings. The van der Waals surface area contributed by atoms with Crippen molar-refractivity contribution < 1.29 is 9.05 Å². The van der Waals surface area contributed by atoms with Crippen LogP contribution in [0.5, 0.6) is 0 Å². The third-order valence-corrected chi connectivity index (χ3v) is 43.9. The van der Waals surface area contributed by atoms with Crippen molar-refractivity contribution in [2.75, 3.05) is 26.3 Å². The van der Waals surface area contributed by atoms with E-state index >= 15 is 0 Å². The Morgan fingerprint density at radius 1 is 1.07 bits per heavy atom. The molecular formula is C20H32NO2PS4Te. The summed E-state index contributed by atoms with van der Waals surface area (Å²) in [5.74, 6) is 0. The Labute approximate surface area is 194 Å². The molecule has 1 aromatic carbocycles. The average molecular weight is 605 g/mol. The molecule has 0 spiro atoms. The number of hydrogen-bond acceptors (Lipinski definition) is 5. The normalized spacial score (nSPS) is 21.4. The zero-order valence-corrected chi connectivity index (χ0v) is 24.2. The van der Waals surface area contributed by atoms with Gasteiger partial charge in [-0.1, -0.05) is 0 Å². The van der Waals surface area contributed by atoms with Crippen LogP contribution in [0.1, 0.15) is 51.7 Å². The van der Waals surface area contributed by atoms with E-state index in [-0.39, 0.29) is 5.41 Å². The van der Waals surface area contributed by atoms with Crippen molar-refractivity contribution in [3.63, 3.8) is 0 Å². The molecule has 0 aliphatic carbocycles. The van der Waals surface area contributed by atoms with Gasteiger partial charge in [0.1, 0.15) is 0 Å². The molecule has 0 saturated carbocycles. The molecule has 0 N–H and O–H groups in total. The van der Waals surface area contributed by atoms with Crippen LogP contribution in [0.4, 0.5) is 0 Å². The molecule has 3 nitrogen and oxygen atoms in total. The van der Waals surface area contributed by atoms with Gasteiger partial charge in [-0.2, -0.15) is 0 Å². The maximum atomic E-state index is 6.39. The van der Waals surface area contributed by atoms with E-state index in [1.54, 1.807) is 0 Å². The molecule has 0 unspecified atom stereocenters. The standard InChI is InChI=1S/C20H32NO2PS4Te/c1-5-20(6-2)15-22-24(26,23-16-20)28-29(27-19(25)21(7-3)8-4)13-17-11-9-10-12-18(17)14-29/h9-12H,5-8,13-16H2,1-4H3. The number of hydrogen-bond donors (Lipinski definition) is 0. The van der Waals surface area contributed by atoms with E-state index in [2.05, 4.69) is 56.9 Å². The summed E-state index contributed by atoms with van der Waals surface area (Å²) >= 11 is 9.30. The third-order valence-electron chi connectivity index (χ3n) is 5.90. The molecule has 0 radical (unpaired) electrons. The van der Waals surface area contributed by atoms with Crippen molar-refractivity contribution in [2.24, 2.45) is 5.41 Å². The van der Waals surface area contributed by atoms with Crippen LogP contribution in [0.25, 0.3) is 0 Å². The van der Waals surface area contributed by atoms with Crippen molar-refractivity contribution in [3.05, 3.63) is 35.4 Å². The van der Waals surface area contributed by atoms with E-state index < -0.39 is 20.3 Å². The fourth-order valence-electron chi connectivity index (χ4n) is 3.53.